The summed E-state index contributed by atoms with van der Waals surface area (Å²) in [6.45, 7) is 1.77. The molecule has 5 heteroatoms. The van der Waals surface area contributed by atoms with Gasteiger partial charge in [-0.1, -0.05) is 0 Å². The quantitative estimate of drug-likeness (QED) is 0.681. The Morgan fingerprint density at radius 2 is 1.75 bits per heavy atom. The van der Waals surface area contributed by atoms with Crippen LogP contribution in [-0.2, 0) is 11.3 Å². The van der Waals surface area contributed by atoms with Crippen molar-refractivity contribution in [3.63, 3.8) is 0 Å². The Morgan fingerprint density at radius 3 is 2.35 bits per heavy atom. The lowest BCUT2D eigenvalue weighted by atomic mass is 10.2. The predicted octanol–water partition coefficient (Wildman–Crippen LogP) is 1.94. The molecule has 0 unspecified atom stereocenters. The number of benzene rings is 1. The molecule has 0 saturated heterocycles. The number of amides is 1. The highest BCUT2D eigenvalue weighted by Gasteiger charge is 2.06. The molecule has 0 spiro atoms. The van der Waals surface area contributed by atoms with Crippen LogP contribution >= 0.6 is 0 Å². The summed E-state index contributed by atoms with van der Waals surface area (Å²) in [5.41, 5.74) is 1.49. The fourth-order valence-corrected chi connectivity index (χ4v) is 1.63. The summed E-state index contributed by atoms with van der Waals surface area (Å²) < 4.78 is 4.90. The topological polar surface area (TPSA) is 68.3 Å². The first-order valence-corrected chi connectivity index (χ1v) is 6.11. The molecule has 1 aromatic heterocycles. The third-order valence-electron chi connectivity index (χ3n) is 2.58. The molecule has 1 N–H and O–H groups in total. The van der Waals surface area contributed by atoms with Gasteiger partial charge >= 0.3 is 5.97 Å². The standard InChI is InChI=1S/C15H14N2O3/c1-11(18)20-14-4-2-13(3-5-14)15(19)17-10-12-6-8-16-9-7-12/h2-9H,10H2,1H3,(H,17,19). The maximum atomic E-state index is 11.9. The van der Waals surface area contributed by atoms with E-state index < -0.39 is 0 Å². The van der Waals surface area contributed by atoms with Gasteiger partial charge in [-0.05, 0) is 42.0 Å². The van der Waals surface area contributed by atoms with E-state index in [2.05, 4.69) is 10.3 Å². The summed E-state index contributed by atoms with van der Waals surface area (Å²) in [4.78, 5) is 26.6. The highest BCUT2D eigenvalue weighted by molar-refractivity contribution is 5.94. The molecule has 0 aliphatic rings. The van der Waals surface area contributed by atoms with E-state index in [1.807, 2.05) is 12.1 Å². The van der Waals surface area contributed by atoms with E-state index in [0.717, 1.165) is 5.56 Å². The summed E-state index contributed by atoms with van der Waals surface area (Å²) in [5.74, 6) is -0.153. The van der Waals surface area contributed by atoms with E-state index in [-0.39, 0.29) is 11.9 Å². The lowest BCUT2D eigenvalue weighted by Gasteiger charge is -2.06. The van der Waals surface area contributed by atoms with E-state index in [1.165, 1.54) is 6.92 Å². The Hall–Kier alpha value is -2.69. The number of pyridine rings is 1. The molecule has 0 radical (unpaired) electrons. The molecule has 2 rings (SSSR count). The fourth-order valence-electron chi connectivity index (χ4n) is 1.63. The van der Waals surface area contributed by atoms with Crippen LogP contribution < -0.4 is 10.1 Å². The number of hydrogen-bond acceptors (Lipinski definition) is 4. The van der Waals surface area contributed by atoms with Crippen molar-refractivity contribution in [3.8, 4) is 5.75 Å². The molecule has 102 valence electrons. The van der Waals surface area contributed by atoms with Crippen LogP contribution in [0, 0.1) is 0 Å². The van der Waals surface area contributed by atoms with Crippen molar-refractivity contribution in [1.29, 1.82) is 0 Å². The molecule has 2 aromatic rings. The van der Waals surface area contributed by atoms with E-state index in [0.29, 0.717) is 17.9 Å². The van der Waals surface area contributed by atoms with Crippen molar-refractivity contribution in [2.75, 3.05) is 0 Å². The van der Waals surface area contributed by atoms with Crippen molar-refractivity contribution in [2.24, 2.45) is 0 Å². The van der Waals surface area contributed by atoms with Crippen LogP contribution in [0.25, 0.3) is 0 Å². The Labute approximate surface area is 116 Å². The molecule has 0 saturated carbocycles. The van der Waals surface area contributed by atoms with Crippen LogP contribution in [-0.4, -0.2) is 16.9 Å². The van der Waals surface area contributed by atoms with Crippen molar-refractivity contribution in [1.82, 2.24) is 10.3 Å². The number of aromatic nitrogens is 1. The van der Waals surface area contributed by atoms with Gasteiger partial charge < -0.3 is 10.1 Å². The number of esters is 1. The number of rotatable bonds is 4. The minimum Gasteiger partial charge on any atom is -0.427 e. The van der Waals surface area contributed by atoms with Crippen LogP contribution in [0.5, 0.6) is 5.75 Å². The summed E-state index contributed by atoms with van der Waals surface area (Å²) in [6.07, 6.45) is 3.35. The smallest absolute Gasteiger partial charge is 0.308 e. The highest BCUT2D eigenvalue weighted by atomic mass is 16.5. The zero-order valence-electron chi connectivity index (χ0n) is 11.0. The molecule has 5 nitrogen and oxygen atoms in total. The van der Waals surface area contributed by atoms with E-state index >= 15 is 0 Å². The molecule has 0 aliphatic carbocycles. The number of carbonyl (C=O) groups excluding carboxylic acids is 2. The average molecular weight is 270 g/mol. The van der Waals surface area contributed by atoms with Crippen molar-refractivity contribution in [3.05, 3.63) is 59.9 Å². The number of nitrogens with zero attached hydrogens (tertiary/aromatic N) is 1. The van der Waals surface area contributed by atoms with Crippen molar-refractivity contribution in [2.45, 2.75) is 13.5 Å². The Morgan fingerprint density at radius 1 is 1.10 bits per heavy atom. The lowest BCUT2D eigenvalue weighted by molar-refractivity contribution is -0.131. The van der Waals surface area contributed by atoms with Crippen molar-refractivity contribution >= 4 is 11.9 Å². The minimum atomic E-state index is -0.389. The first kappa shape index (κ1) is 13.7. The average Bonchev–Trinajstić information content (AvgIpc) is 2.46. The predicted molar refractivity (Wildman–Crippen MR) is 73.2 cm³/mol. The molecule has 20 heavy (non-hydrogen) atoms. The van der Waals surface area contributed by atoms with Crippen LogP contribution in [0.2, 0.25) is 0 Å². The number of nitrogens with one attached hydrogen (secondary N) is 1. The van der Waals surface area contributed by atoms with E-state index in [9.17, 15) is 9.59 Å². The number of carbonyl (C=O) groups is 2. The number of hydrogen-bond donors (Lipinski definition) is 1. The summed E-state index contributed by atoms with van der Waals surface area (Å²) in [6, 6.07) is 10.1. The second-order valence-electron chi connectivity index (χ2n) is 4.16. The van der Waals surface area contributed by atoms with Crippen LogP contribution in [0.1, 0.15) is 22.8 Å². The summed E-state index contributed by atoms with van der Waals surface area (Å²) >= 11 is 0. The first-order chi connectivity index (χ1) is 9.65. The maximum absolute atomic E-state index is 11.9. The van der Waals surface area contributed by atoms with Gasteiger partial charge in [-0.3, -0.25) is 14.6 Å². The normalized spacial score (nSPS) is 9.85. The van der Waals surface area contributed by atoms with Gasteiger partial charge in [0, 0.05) is 31.4 Å². The van der Waals surface area contributed by atoms with Gasteiger partial charge in [0.25, 0.3) is 5.91 Å². The fraction of sp³-hybridized carbons (Fsp3) is 0.133. The summed E-state index contributed by atoms with van der Waals surface area (Å²) in [5, 5.41) is 2.80. The Balaban J connectivity index is 1.94. The third kappa shape index (κ3) is 3.91. The SMILES string of the molecule is CC(=O)Oc1ccc(C(=O)NCc2ccncc2)cc1. The minimum absolute atomic E-state index is 0.184. The number of ether oxygens (including phenoxy) is 1. The van der Waals surface area contributed by atoms with Crippen molar-refractivity contribution < 1.29 is 14.3 Å². The van der Waals surface area contributed by atoms with Crippen LogP contribution in [0.3, 0.4) is 0 Å². The molecule has 0 aliphatic heterocycles. The molecule has 0 fully saturated rings. The van der Waals surface area contributed by atoms with Gasteiger partial charge in [0.1, 0.15) is 5.75 Å². The van der Waals surface area contributed by atoms with Gasteiger partial charge in [0.15, 0.2) is 0 Å². The largest absolute Gasteiger partial charge is 0.427 e. The highest BCUT2D eigenvalue weighted by Crippen LogP contribution is 2.12. The molecule has 1 heterocycles. The van der Waals surface area contributed by atoms with Gasteiger partial charge in [-0.25, -0.2) is 0 Å². The van der Waals surface area contributed by atoms with Gasteiger partial charge in [0.2, 0.25) is 0 Å². The monoisotopic (exact) mass is 270 g/mol. The zero-order chi connectivity index (χ0) is 14.4. The summed E-state index contributed by atoms with van der Waals surface area (Å²) in [7, 11) is 0. The molecule has 0 atom stereocenters. The van der Waals surface area contributed by atoms with E-state index in [4.69, 9.17) is 4.74 Å². The Bertz CT molecular complexity index is 594. The molecular weight excluding hydrogens is 256 g/mol. The third-order valence-corrected chi connectivity index (χ3v) is 2.58. The molecular formula is C15H14N2O3. The van der Waals surface area contributed by atoms with E-state index in [1.54, 1.807) is 36.7 Å². The molecule has 1 aromatic carbocycles. The van der Waals surface area contributed by atoms with Gasteiger partial charge in [0.05, 0.1) is 0 Å². The second-order valence-corrected chi connectivity index (χ2v) is 4.16. The van der Waals surface area contributed by atoms with Gasteiger partial charge in [-0.2, -0.15) is 0 Å². The first-order valence-electron chi connectivity index (χ1n) is 6.11. The van der Waals surface area contributed by atoms with Gasteiger partial charge in [-0.15, -0.1) is 0 Å². The molecule has 0 bridgehead atoms. The lowest BCUT2D eigenvalue weighted by Crippen LogP contribution is -2.22. The zero-order valence-corrected chi connectivity index (χ0v) is 11.0. The van der Waals surface area contributed by atoms with Crippen LogP contribution in [0.15, 0.2) is 48.8 Å². The molecule has 1 amide bonds. The second kappa shape index (κ2) is 6.47. The van der Waals surface area contributed by atoms with Crippen LogP contribution in [0.4, 0.5) is 0 Å². The Kier molecular flexibility index (Phi) is 4.44. The maximum Gasteiger partial charge on any atom is 0.308 e.